The second kappa shape index (κ2) is 4.87. The van der Waals surface area contributed by atoms with Crippen molar-refractivity contribution < 1.29 is 14.3 Å². The minimum absolute atomic E-state index is 0.0703. The number of rotatable bonds is 2. The summed E-state index contributed by atoms with van der Waals surface area (Å²) in [6.07, 6.45) is 2.22. The maximum atomic E-state index is 12.6. The van der Waals surface area contributed by atoms with E-state index in [0.717, 1.165) is 11.0 Å². The summed E-state index contributed by atoms with van der Waals surface area (Å²) in [4.78, 5) is 33.2. The Morgan fingerprint density at radius 2 is 2.24 bits per heavy atom. The zero-order valence-corrected chi connectivity index (χ0v) is 12.0. The lowest BCUT2D eigenvalue weighted by Gasteiger charge is -2.21. The van der Waals surface area contributed by atoms with Crippen LogP contribution in [0.3, 0.4) is 0 Å². The highest BCUT2D eigenvalue weighted by Gasteiger charge is 2.43. The molecular formula is C15H17N3O3. The summed E-state index contributed by atoms with van der Waals surface area (Å²) in [5.41, 5.74) is 1.65. The topological polar surface area (TPSA) is 75.3 Å². The minimum Gasteiger partial charge on any atom is -0.469 e. The number of nitrogens with zero attached hydrogens (tertiary/aromatic N) is 2. The molecule has 1 fully saturated rings. The summed E-state index contributed by atoms with van der Waals surface area (Å²) >= 11 is 0. The molecule has 21 heavy (non-hydrogen) atoms. The maximum Gasteiger partial charge on any atom is 0.313 e. The molecule has 0 aliphatic carbocycles. The van der Waals surface area contributed by atoms with Gasteiger partial charge in [-0.3, -0.25) is 9.59 Å². The van der Waals surface area contributed by atoms with E-state index in [0.29, 0.717) is 25.1 Å². The number of fused-ring (bicyclic) bond motifs is 1. The second-order valence-electron chi connectivity index (χ2n) is 5.66. The molecule has 0 radical (unpaired) electrons. The minimum atomic E-state index is -0.609. The second-order valence-corrected chi connectivity index (χ2v) is 5.66. The van der Waals surface area contributed by atoms with E-state index in [1.807, 2.05) is 13.0 Å². The molecule has 2 heterocycles. The normalized spacial score (nSPS) is 21.7. The Bertz CT molecular complexity index is 709. The molecule has 0 saturated carbocycles. The van der Waals surface area contributed by atoms with Gasteiger partial charge in [0, 0.05) is 18.7 Å². The van der Waals surface area contributed by atoms with Gasteiger partial charge in [0.1, 0.15) is 0 Å². The van der Waals surface area contributed by atoms with Gasteiger partial charge in [0.25, 0.3) is 5.91 Å². The van der Waals surface area contributed by atoms with E-state index in [4.69, 9.17) is 4.74 Å². The van der Waals surface area contributed by atoms with Crippen LogP contribution in [0.25, 0.3) is 11.0 Å². The van der Waals surface area contributed by atoms with E-state index in [-0.39, 0.29) is 11.9 Å². The number of esters is 1. The number of carbonyl (C=O) groups excluding carboxylic acids is 2. The molecule has 2 aromatic rings. The Hall–Kier alpha value is -2.37. The van der Waals surface area contributed by atoms with Crippen LogP contribution in [0.15, 0.2) is 24.5 Å². The van der Waals surface area contributed by atoms with E-state index in [9.17, 15) is 9.59 Å². The molecule has 1 aromatic heterocycles. The first-order valence-electron chi connectivity index (χ1n) is 6.84. The lowest BCUT2D eigenvalue weighted by atomic mass is 9.90. The molecule has 1 atom stereocenters. The van der Waals surface area contributed by atoms with Crippen molar-refractivity contribution in [2.75, 3.05) is 20.2 Å². The molecular weight excluding hydrogens is 270 g/mol. The fraction of sp³-hybridized carbons (Fsp3) is 0.400. The number of aromatic amines is 1. The molecule has 1 aliphatic heterocycles. The molecule has 1 aliphatic rings. The predicted octanol–water partition coefficient (Wildman–Crippen LogP) is 1.59. The van der Waals surface area contributed by atoms with Crippen molar-refractivity contribution in [3.63, 3.8) is 0 Å². The highest BCUT2D eigenvalue weighted by Crippen LogP contribution is 2.32. The first kappa shape index (κ1) is 13.6. The van der Waals surface area contributed by atoms with Crippen LogP contribution in [0, 0.1) is 5.41 Å². The number of H-pyrrole nitrogens is 1. The smallest absolute Gasteiger partial charge is 0.313 e. The van der Waals surface area contributed by atoms with E-state index >= 15 is 0 Å². The van der Waals surface area contributed by atoms with Gasteiger partial charge in [0.2, 0.25) is 0 Å². The molecule has 6 heteroatoms. The Balaban J connectivity index is 1.81. The van der Waals surface area contributed by atoms with Gasteiger partial charge in [-0.2, -0.15) is 0 Å². The SMILES string of the molecule is COC(=O)[C@]1(C)CCN(C(=O)c2ccc3nc[nH]c3c2)C1. The number of methoxy groups -OCH3 is 1. The summed E-state index contributed by atoms with van der Waals surface area (Å²) in [5.74, 6) is -0.332. The highest BCUT2D eigenvalue weighted by atomic mass is 16.5. The van der Waals surface area contributed by atoms with E-state index in [1.165, 1.54) is 7.11 Å². The van der Waals surface area contributed by atoms with Crippen molar-refractivity contribution in [2.45, 2.75) is 13.3 Å². The molecule has 3 rings (SSSR count). The van der Waals surface area contributed by atoms with Crippen LogP contribution in [0.1, 0.15) is 23.7 Å². The summed E-state index contributed by atoms with van der Waals surface area (Å²) in [5, 5.41) is 0. The molecule has 6 nitrogen and oxygen atoms in total. The summed E-state index contributed by atoms with van der Waals surface area (Å²) in [6.45, 7) is 2.79. The van der Waals surface area contributed by atoms with Gasteiger partial charge < -0.3 is 14.6 Å². The van der Waals surface area contributed by atoms with Crippen LogP contribution in [0.4, 0.5) is 0 Å². The third-order valence-electron chi connectivity index (χ3n) is 4.11. The average Bonchev–Trinajstić information content (AvgIpc) is 3.12. The predicted molar refractivity (Wildman–Crippen MR) is 76.7 cm³/mol. The molecule has 0 spiro atoms. The highest BCUT2D eigenvalue weighted by molar-refractivity contribution is 5.98. The van der Waals surface area contributed by atoms with Gasteiger partial charge in [-0.15, -0.1) is 0 Å². The zero-order chi connectivity index (χ0) is 15.0. The van der Waals surface area contributed by atoms with Crippen molar-refractivity contribution in [3.05, 3.63) is 30.1 Å². The molecule has 0 bridgehead atoms. The van der Waals surface area contributed by atoms with E-state index in [2.05, 4.69) is 9.97 Å². The van der Waals surface area contributed by atoms with Gasteiger partial charge in [-0.1, -0.05) is 0 Å². The third kappa shape index (κ3) is 2.26. The number of aromatic nitrogens is 2. The average molecular weight is 287 g/mol. The number of nitrogens with one attached hydrogen (secondary N) is 1. The van der Waals surface area contributed by atoms with Crippen LogP contribution >= 0.6 is 0 Å². The monoisotopic (exact) mass is 287 g/mol. The fourth-order valence-corrected chi connectivity index (χ4v) is 2.80. The van der Waals surface area contributed by atoms with Crippen LogP contribution in [0.2, 0.25) is 0 Å². The fourth-order valence-electron chi connectivity index (χ4n) is 2.80. The van der Waals surface area contributed by atoms with Crippen LogP contribution in [-0.4, -0.2) is 46.9 Å². The van der Waals surface area contributed by atoms with Gasteiger partial charge >= 0.3 is 5.97 Å². The first-order valence-corrected chi connectivity index (χ1v) is 6.84. The number of amides is 1. The number of hydrogen-bond donors (Lipinski definition) is 1. The first-order chi connectivity index (χ1) is 10.0. The standard InChI is InChI=1S/C15H17N3O3/c1-15(14(20)21-2)5-6-18(8-15)13(19)10-3-4-11-12(7-10)17-9-16-11/h3-4,7,9H,5-6,8H2,1-2H3,(H,16,17)/t15-/m1/s1. The van der Waals surface area contributed by atoms with Crippen molar-refractivity contribution in [1.29, 1.82) is 0 Å². The largest absolute Gasteiger partial charge is 0.469 e. The van der Waals surface area contributed by atoms with Crippen LogP contribution in [0.5, 0.6) is 0 Å². The molecule has 1 amide bonds. The number of ether oxygens (including phenoxy) is 1. The van der Waals surface area contributed by atoms with Crippen molar-refractivity contribution in [2.24, 2.45) is 5.41 Å². The van der Waals surface area contributed by atoms with Gasteiger partial charge in [-0.05, 0) is 31.5 Å². The Morgan fingerprint density at radius 3 is 3.00 bits per heavy atom. The van der Waals surface area contributed by atoms with E-state index in [1.54, 1.807) is 23.4 Å². The number of hydrogen-bond acceptors (Lipinski definition) is 4. The number of benzene rings is 1. The molecule has 110 valence electrons. The van der Waals surface area contributed by atoms with Gasteiger partial charge in [0.05, 0.1) is 29.9 Å². The van der Waals surface area contributed by atoms with E-state index < -0.39 is 5.41 Å². The quantitative estimate of drug-likeness (QED) is 0.851. The summed E-state index contributed by atoms with van der Waals surface area (Å²) in [6, 6.07) is 5.37. The summed E-state index contributed by atoms with van der Waals surface area (Å²) in [7, 11) is 1.38. The Kier molecular flexibility index (Phi) is 3.16. The number of likely N-dealkylation sites (tertiary alicyclic amines) is 1. The Morgan fingerprint density at radius 1 is 1.43 bits per heavy atom. The van der Waals surface area contributed by atoms with Crippen LogP contribution < -0.4 is 0 Å². The lowest BCUT2D eigenvalue weighted by Crippen LogP contribution is -2.35. The van der Waals surface area contributed by atoms with Crippen molar-refractivity contribution >= 4 is 22.9 Å². The molecule has 1 saturated heterocycles. The van der Waals surface area contributed by atoms with Crippen LogP contribution in [-0.2, 0) is 9.53 Å². The zero-order valence-electron chi connectivity index (χ0n) is 12.0. The van der Waals surface area contributed by atoms with Crippen molar-refractivity contribution in [3.8, 4) is 0 Å². The molecule has 1 N–H and O–H groups in total. The number of carbonyl (C=O) groups is 2. The molecule has 1 aromatic carbocycles. The molecule has 0 unspecified atom stereocenters. The number of imidazole rings is 1. The van der Waals surface area contributed by atoms with Gasteiger partial charge in [0.15, 0.2) is 0 Å². The maximum absolute atomic E-state index is 12.6. The Labute approximate surface area is 122 Å². The van der Waals surface area contributed by atoms with Crippen molar-refractivity contribution in [1.82, 2.24) is 14.9 Å². The summed E-state index contributed by atoms with van der Waals surface area (Å²) < 4.78 is 4.83. The third-order valence-corrected chi connectivity index (χ3v) is 4.11. The lowest BCUT2D eigenvalue weighted by molar-refractivity contribution is -0.150. The van der Waals surface area contributed by atoms with Gasteiger partial charge in [-0.25, -0.2) is 4.98 Å².